The van der Waals surface area contributed by atoms with Gasteiger partial charge in [-0.1, -0.05) is 57.2 Å². The zero-order valence-electron chi connectivity index (χ0n) is 17.7. The number of aromatic nitrogens is 2. The first-order valence-corrected chi connectivity index (χ1v) is 10.5. The Kier molecular flexibility index (Phi) is 5.39. The van der Waals surface area contributed by atoms with E-state index in [-0.39, 0.29) is 11.5 Å². The van der Waals surface area contributed by atoms with Crippen molar-refractivity contribution in [3.63, 3.8) is 0 Å². The lowest BCUT2D eigenvalue weighted by Gasteiger charge is -2.34. The van der Waals surface area contributed by atoms with E-state index in [0.29, 0.717) is 23.9 Å². The molecular weight excluding hydrogens is 387 g/mol. The predicted octanol–water partition coefficient (Wildman–Crippen LogP) is 6.19. The van der Waals surface area contributed by atoms with Crippen molar-refractivity contribution >= 4 is 11.0 Å². The molecule has 1 saturated heterocycles. The van der Waals surface area contributed by atoms with Crippen LogP contribution in [0.3, 0.4) is 0 Å². The number of rotatable bonds is 3. The summed E-state index contributed by atoms with van der Waals surface area (Å²) in [4.78, 5) is 6.23. The molecule has 3 nitrogen and oxygen atoms in total. The summed E-state index contributed by atoms with van der Waals surface area (Å²) in [5.41, 5.74) is 3.65. The summed E-state index contributed by atoms with van der Waals surface area (Å²) in [6, 6.07) is 15.4. The fourth-order valence-corrected chi connectivity index (χ4v) is 4.32. The Morgan fingerprint density at radius 1 is 0.933 bits per heavy atom. The number of fused-ring (bicyclic) bond motifs is 1. The molecule has 0 atom stereocenters. The quantitative estimate of drug-likeness (QED) is 0.509. The van der Waals surface area contributed by atoms with Crippen LogP contribution in [0.5, 0.6) is 0 Å². The molecule has 30 heavy (non-hydrogen) atoms. The molecule has 0 spiro atoms. The van der Waals surface area contributed by atoms with Gasteiger partial charge in [0.25, 0.3) is 0 Å². The number of hydrogen-bond donors (Lipinski definition) is 0. The Hall–Kier alpha value is -2.34. The van der Waals surface area contributed by atoms with E-state index in [1.807, 2.05) is 0 Å². The van der Waals surface area contributed by atoms with E-state index in [0.717, 1.165) is 19.6 Å². The summed E-state index contributed by atoms with van der Waals surface area (Å²) in [7, 11) is 0. The van der Waals surface area contributed by atoms with Crippen LogP contribution in [0.1, 0.15) is 56.6 Å². The Bertz CT molecular complexity index is 1000. The largest absolute Gasteiger partial charge is 0.449 e. The minimum Gasteiger partial charge on any atom is -0.317 e. The third-order valence-electron chi connectivity index (χ3n) is 6.00. The van der Waals surface area contributed by atoms with Crippen LogP contribution in [0, 0.1) is 0 Å². The van der Waals surface area contributed by atoms with Gasteiger partial charge in [0, 0.05) is 25.7 Å². The molecule has 0 bridgehead atoms. The number of piperidine rings is 1. The highest BCUT2D eigenvalue weighted by Crippen LogP contribution is 2.36. The minimum absolute atomic E-state index is 0.126. The highest BCUT2D eigenvalue weighted by atomic mass is 19.4. The number of nitrogens with zero attached hydrogens (tertiary/aromatic N) is 3. The van der Waals surface area contributed by atoms with E-state index in [9.17, 15) is 13.2 Å². The van der Waals surface area contributed by atoms with Crippen molar-refractivity contribution < 1.29 is 13.2 Å². The van der Waals surface area contributed by atoms with E-state index in [1.54, 1.807) is 24.3 Å². The van der Waals surface area contributed by atoms with Crippen LogP contribution < -0.4 is 0 Å². The van der Waals surface area contributed by atoms with Crippen LogP contribution in [-0.4, -0.2) is 27.5 Å². The molecule has 1 aromatic heterocycles. The molecule has 3 aromatic rings. The molecule has 0 N–H and O–H groups in total. The maximum absolute atomic E-state index is 13.6. The van der Waals surface area contributed by atoms with Gasteiger partial charge < -0.3 is 4.57 Å². The van der Waals surface area contributed by atoms with Gasteiger partial charge in [0.1, 0.15) is 0 Å². The maximum atomic E-state index is 13.6. The van der Waals surface area contributed by atoms with Gasteiger partial charge in [0.2, 0.25) is 5.82 Å². The summed E-state index contributed by atoms with van der Waals surface area (Å²) < 4.78 is 42.3. The molecule has 4 rings (SSSR count). The first-order chi connectivity index (χ1) is 14.1. The molecule has 160 valence electrons. The lowest BCUT2D eigenvalue weighted by atomic mass is 9.86. The van der Waals surface area contributed by atoms with Gasteiger partial charge in [-0.2, -0.15) is 13.2 Å². The Morgan fingerprint density at radius 2 is 1.57 bits per heavy atom. The van der Waals surface area contributed by atoms with Crippen molar-refractivity contribution in [2.75, 3.05) is 13.1 Å². The van der Waals surface area contributed by atoms with Crippen molar-refractivity contribution in [2.24, 2.45) is 0 Å². The molecule has 0 saturated carbocycles. The molecule has 1 aliphatic heterocycles. The first kappa shape index (κ1) is 20.9. The molecule has 0 aliphatic carbocycles. The summed E-state index contributed by atoms with van der Waals surface area (Å²) in [5.74, 6) is -0.778. The monoisotopic (exact) mass is 415 g/mol. The number of imidazole rings is 1. The minimum atomic E-state index is -4.45. The second kappa shape index (κ2) is 7.73. The summed E-state index contributed by atoms with van der Waals surface area (Å²) >= 11 is 0. The van der Waals surface area contributed by atoms with Crippen molar-refractivity contribution in [1.82, 2.24) is 14.5 Å². The predicted molar refractivity (Wildman–Crippen MR) is 113 cm³/mol. The SMILES string of the molecule is CC(C)(C)c1ccc(CN2CCC(n3c(C(F)(F)F)nc4ccccc43)CC2)cc1. The number of likely N-dealkylation sites (tertiary alicyclic amines) is 1. The fraction of sp³-hybridized carbons (Fsp3) is 0.458. The smallest absolute Gasteiger partial charge is 0.317 e. The second-order valence-electron chi connectivity index (χ2n) is 9.25. The number of alkyl halides is 3. The second-order valence-corrected chi connectivity index (χ2v) is 9.25. The van der Waals surface area contributed by atoms with Crippen LogP contribution in [0.4, 0.5) is 13.2 Å². The average molecular weight is 416 g/mol. The molecular formula is C24H28F3N3. The maximum Gasteiger partial charge on any atom is 0.449 e. The summed E-state index contributed by atoms with van der Waals surface area (Å²) in [6.07, 6.45) is -3.09. The third-order valence-corrected chi connectivity index (χ3v) is 6.00. The number of para-hydroxylation sites is 2. The summed E-state index contributed by atoms with van der Waals surface area (Å²) in [5, 5.41) is 0. The molecule has 0 unspecified atom stereocenters. The zero-order valence-corrected chi connectivity index (χ0v) is 17.7. The van der Waals surface area contributed by atoms with E-state index in [1.165, 1.54) is 15.7 Å². The van der Waals surface area contributed by atoms with E-state index >= 15 is 0 Å². The van der Waals surface area contributed by atoms with Gasteiger partial charge in [-0.25, -0.2) is 4.98 Å². The van der Waals surface area contributed by atoms with Gasteiger partial charge in [-0.05, 0) is 41.5 Å². The highest BCUT2D eigenvalue weighted by Gasteiger charge is 2.39. The third kappa shape index (κ3) is 4.24. The molecule has 2 heterocycles. The number of benzene rings is 2. The fourth-order valence-electron chi connectivity index (χ4n) is 4.32. The van der Waals surface area contributed by atoms with Crippen molar-refractivity contribution in [1.29, 1.82) is 0 Å². The highest BCUT2D eigenvalue weighted by molar-refractivity contribution is 5.76. The Balaban J connectivity index is 1.48. The Labute approximate surface area is 175 Å². The lowest BCUT2D eigenvalue weighted by Crippen LogP contribution is -2.35. The first-order valence-electron chi connectivity index (χ1n) is 10.5. The van der Waals surface area contributed by atoms with Crippen LogP contribution >= 0.6 is 0 Å². The van der Waals surface area contributed by atoms with Crippen LogP contribution in [-0.2, 0) is 18.1 Å². The number of halogens is 3. The van der Waals surface area contributed by atoms with Gasteiger partial charge in [0.05, 0.1) is 11.0 Å². The molecule has 2 aromatic carbocycles. The van der Waals surface area contributed by atoms with E-state index in [4.69, 9.17) is 0 Å². The van der Waals surface area contributed by atoms with Gasteiger partial charge in [-0.15, -0.1) is 0 Å². The molecule has 0 radical (unpaired) electrons. The van der Waals surface area contributed by atoms with Crippen molar-refractivity contribution in [3.8, 4) is 0 Å². The molecule has 1 aliphatic rings. The van der Waals surface area contributed by atoms with Crippen LogP contribution in [0.2, 0.25) is 0 Å². The van der Waals surface area contributed by atoms with Gasteiger partial charge in [0.15, 0.2) is 0 Å². The standard InChI is InChI=1S/C24H28F3N3/c1-23(2,3)18-10-8-17(9-11-18)16-29-14-12-19(13-15-29)30-21-7-5-4-6-20(21)28-22(30)24(25,26)27/h4-11,19H,12-16H2,1-3H3. The van der Waals surface area contributed by atoms with Crippen molar-refractivity contribution in [3.05, 3.63) is 65.5 Å². The Morgan fingerprint density at radius 3 is 2.17 bits per heavy atom. The van der Waals surface area contributed by atoms with Crippen molar-refractivity contribution in [2.45, 2.75) is 57.8 Å². The van der Waals surface area contributed by atoms with Crippen LogP contribution in [0.15, 0.2) is 48.5 Å². The average Bonchev–Trinajstić information content (AvgIpc) is 3.08. The van der Waals surface area contributed by atoms with E-state index in [2.05, 4.69) is 54.9 Å². The molecule has 0 amide bonds. The van der Waals surface area contributed by atoms with E-state index < -0.39 is 12.0 Å². The lowest BCUT2D eigenvalue weighted by molar-refractivity contribution is -0.148. The summed E-state index contributed by atoms with van der Waals surface area (Å²) in [6.45, 7) is 8.96. The molecule has 6 heteroatoms. The van der Waals surface area contributed by atoms with Gasteiger partial charge in [-0.3, -0.25) is 4.90 Å². The normalized spacial score (nSPS) is 17.0. The molecule has 1 fully saturated rings. The zero-order chi connectivity index (χ0) is 21.5. The number of hydrogen-bond acceptors (Lipinski definition) is 2. The van der Waals surface area contributed by atoms with Crippen LogP contribution in [0.25, 0.3) is 11.0 Å². The van der Waals surface area contributed by atoms with Gasteiger partial charge >= 0.3 is 6.18 Å². The topological polar surface area (TPSA) is 21.1 Å².